The van der Waals surface area contributed by atoms with Gasteiger partial charge in [0.25, 0.3) is 5.91 Å². The molecule has 1 heterocycles. The monoisotopic (exact) mass is 396 g/mol. The number of amides is 1. The molecule has 1 aliphatic rings. The average Bonchev–Trinajstić information content (AvgIpc) is 2.97. The van der Waals surface area contributed by atoms with Gasteiger partial charge in [0.05, 0.1) is 17.2 Å². The summed E-state index contributed by atoms with van der Waals surface area (Å²) in [6.45, 7) is 3.86. The van der Waals surface area contributed by atoms with Crippen molar-refractivity contribution in [1.82, 2.24) is 10.5 Å². The molecule has 28 heavy (non-hydrogen) atoms. The third kappa shape index (κ3) is 4.85. The van der Waals surface area contributed by atoms with Crippen LogP contribution in [0.4, 0.5) is 13.2 Å². The molecule has 1 fully saturated rings. The number of hydrogen-bond acceptors (Lipinski definition) is 4. The van der Waals surface area contributed by atoms with E-state index in [-0.39, 0.29) is 19.4 Å². The Morgan fingerprint density at radius 1 is 1.32 bits per heavy atom. The van der Waals surface area contributed by atoms with E-state index in [0.717, 1.165) is 11.3 Å². The summed E-state index contributed by atoms with van der Waals surface area (Å²) in [7, 11) is 0. The lowest BCUT2D eigenvalue weighted by Crippen LogP contribution is -2.41. The minimum Gasteiger partial charge on any atom is -0.489 e. The van der Waals surface area contributed by atoms with Gasteiger partial charge >= 0.3 is 6.18 Å². The van der Waals surface area contributed by atoms with Gasteiger partial charge in [0.2, 0.25) is 0 Å². The van der Waals surface area contributed by atoms with Crippen molar-refractivity contribution in [3.8, 4) is 5.75 Å². The molecule has 1 aromatic carbocycles. The summed E-state index contributed by atoms with van der Waals surface area (Å²) in [4.78, 5) is 12.5. The number of benzene rings is 1. The zero-order valence-electron chi connectivity index (χ0n) is 15.8. The molecule has 1 aliphatic carbocycles. The lowest BCUT2D eigenvalue weighted by atomic mass is 9.85. The van der Waals surface area contributed by atoms with E-state index in [4.69, 9.17) is 9.26 Å². The number of aromatic nitrogens is 1. The number of nitrogens with zero attached hydrogens (tertiary/aromatic N) is 1. The van der Waals surface area contributed by atoms with Gasteiger partial charge in [-0.05, 0) is 51.3 Å². The van der Waals surface area contributed by atoms with Crippen LogP contribution in [-0.4, -0.2) is 23.3 Å². The maximum atomic E-state index is 12.9. The Morgan fingerprint density at radius 2 is 2.11 bits per heavy atom. The second-order valence-corrected chi connectivity index (χ2v) is 7.19. The third-order valence-electron chi connectivity index (χ3n) is 5.13. The molecule has 1 aromatic heterocycles. The standard InChI is InChI=1S/C20H23F3N2O3/c1-12-18(13(2)28-25-12)11-27-17-8-3-5-14(9-17)19(26)24-16-7-4-6-15(10-16)20(21,22)23/h3,5,8-9,15-16H,4,6-7,10-11H2,1-2H3,(H,24,26)/t15-,16-/m1/s1. The number of carbonyl (C=O) groups excluding carboxylic acids is 1. The van der Waals surface area contributed by atoms with Crippen molar-refractivity contribution in [3.05, 3.63) is 46.8 Å². The number of aryl methyl sites for hydroxylation is 2. The van der Waals surface area contributed by atoms with Crippen molar-refractivity contribution in [2.75, 3.05) is 0 Å². The number of alkyl halides is 3. The van der Waals surface area contributed by atoms with Gasteiger partial charge in [0, 0.05) is 11.6 Å². The molecule has 1 amide bonds. The topological polar surface area (TPSA) is 64.4 Å². The predicted molar refractivity (Wildman–Crippen MR) is 96.0 cm³/mol. The molecule has 0 bridgehead atoms. The Bertz CT molecular complexity index is 813. The summed E-state index contributed by atoms with van der Waals surface area (Å²) in [5, 5.41) is 6.60. The minimum absolute atomic E-state index is 0.0720. The van der Waals surface area contributed by atoms with Gasteiger partial charge in [0.1, 0.15) is 18.1 Å². The second-order valence-electron chi connectivity index (χ2n) is 7.19. The van der Waals surface area contributed by atoms with E-state index in [2.05, 4.69) is 10.5 Å². The van der Waals surface area contributed by atoms with Crippen molar-refractivity contribution >= 4 is 5.91 Å². The molecule has 0 aliphatic heterocycles. The lowest BCUT2D eigenvalue weighted by Gasteiger charge is -2.31. The fourth-order valence-corrected chi connectivity index (χ4v) is 3.48. The molecular formula is C20H23F3N2O3. The predicted octanol–water partition coefficient (Wildman–Crippen LogP) is 4.72. The Hall–Kier alpha value is -2.51. The van der Waals surface area contributed by atoms with Crippen molar-refractivity contribution in [2.45, 2.75) is 58.4 Å². The fourth-order valence-electron chi connectivity index (χ4n) is 3.48. The van der Waals surface area contributed by atoms with Gasteiger partial charge in [0.15, 0.2) is 0 Å². The summed E-state index contributed by atoms with van der Waals surface area (Å²) in [6.07, 6.45) is -3.15. The summed E-state index contributed by atoms with van der Waals surface area (Å²) < 4.78 is 49.7. The first kappa shape index (κ1) is 20.2. The number of rotatable bonds is 5. The van der Waals surface area contributed by atoms with Crippen LogP contribution in [0.15, 0.2) is 28.8 Å². The average molecular weight is 396 g/mol. The molecule has 0 saturated heterocycles. The maximum Gasteiger partial charge on any atom is 0.391 e. The van der Waals surface area contributed by atoms with Crippen LogP contribution in [0.3, 0.4) is 0 Å². The van der Waals surface area contributed by atoms with Crippen LogP contribution >= 0.6 is 0 Å². The fraction of sp³-hybridized carbons (Fsp3) is 0.500. The largest absolute Gasteiger partial charge is 0.489 e. The Kier molecular flexibility index (Phi) is 5.96. The lowest BCUT2D eigenvalue weighted by molar-refractivity contribution is -0.183. The smallest absolute Gasteiger partial charge is 0.391 e. The number of halogens is 3. The second kappa shape index (κ2) is 8.24. The normalized spacial score (nSPS) is 20.0. The number of nitrogens with one attached hydrogen (secondary N) is 1. The Balaban J connectivity index is 1.61. The minimum atomic E-state index is -4.21. The van der Waals surface area contributed by atoms with Crippen LogP contribution in [-0.2, 0) is 6.61 Å². The van der Waals surface area contributed by atoms with Crippen molar-refractivity contribution in [3.63, 3.8) is 0 Å². The molecule has 0 radical (unpaired) electrons. The van der Waals surface area contributed by atoms with Crippen LogP contribution in [0.1, 0.15) is 53.1 Å². The molecule has 3 rings (SSSR count). The molecular weight excluding hydrogens is 373 g/mol. The zero-order valence-corrected chi connectivity index (χ0v) is 15.8. The SMILES string of the molecule is Cc1noc(C)c1COc1cccc(C(=O)N[C@@H]2CCC[C@@H](C(F)(F)F)C2)c1. The van der Waals surface area contributed by atoms with Crippen molar-refractivity contribution < 1.29 is 27.2 Å². The first-order valence-electron chi connectivity index (χ1n) is 9.26. The van der Waals surface area contributed by atoms with Gasteiger partial charge in [-0.2, -0.15) is 13.2 Å². The molecule has 1 N–H and O–H groups in total. The first-order valence-corrected chi connectivity index (χ1v) is 9.26. The quantitative estimate of drug-likeness (QED) is 0.794. The van der Waals surface area contributed by atoms with Gasteiger partial charge in [-0.25, -0.2) is 0 Å². The van der Waals surface area contributed by atoms with Crippen LogP contribution in [0.5, 0.6) is 5.75 Å². The molecule has 2 aromatic rings. The van der Waals surface area contributed by atoms with Gasteiger partial charge < -0.3 is 14.6 Å². The van der Waals surface area contributed by atoms with E-state index < -0.39 is 24.0 Å². The third-order valence-corrected chi connectivity index (χ3v) is 5.13. The molecule has 152 valence electrons. The van der Waals surface area contributed by atoms with E-state index in [0.29, 0.717) is 29.9 Å². The number of hydrogen-bond donors (Lipinski definition) is 1. The van der Waals surface area contributed by atoms with Crippen LogP contribution in [0.2, 0.25) is 0 Å². The molecule has 0 spiro atoms. The van der Waals surface area contributed by atoms with Crippen LogP contribution < -0.4 is 10.1 Å². The van der Waals surface area contributed by atoms with E-state index >= 15 is 0 Å². The van der Waals surface area contributed by atoms with Gasteiger partial charge in [-0.1, -0.05) is 17.6 Å². The molecule has 5 nitrogen and oxygen atoms in total. The molecule has 1 saturated carbocycles. The summed E-state index contributed by atoms with van der Waals surface area (Å²) in [5.74, 6) is -0.584. The van der Waals surface area contributed by atoms with Crippen LogP contribution in [0, 0.1) is 19.8 Å². The number of ether oxygens (including phenoxy) is 1. The van der Waals surface area contributed by atoms with Crippen molar-refractivity contribution in [1.29, 1.82) is 0 Å². The molecule has 8 heteroatoms. The molecule has 2 atom stereocenters. The van der Waals surface area contributed by atoms with E-state index in [1.54, 1.807) is 31.2 Å². The Labute approximate surface area is 161 Å². The highest BCUT2D eigenvalue weighted by atomic mass is 19.4. The number of carbonyl (C=O) groups is 1. The van der Waals surface area contributed by atoms with Crippen LogP contribution in [0.25, 0.3) is 0 Å². The maximum absolute atomic E-state index is 12.9. The van der Waals surface area contributed by atoms with Gasteiger partial charge in [-0.3, -0.25) is 4.79 Å². The Morgan fingerprint density at radius 3 is 2.79 bits per heavy atom. The summed E-state index contributed by atoms with van der Waals surface area (Å²) in [6, 6.07) is 6.12. The van der Waals surface area contributed by atoms with E-state index in [9.17, 15) is 18.0 Å². The van der Waals surface area contributed by atoms with Crippen molar-refractivity contribution in [2.24, 2.45) is 5.92 Å². The first-order chi connectivity index (χ1) is 13.2. The van der Waals surface area contributed by atoms with Gasteiger partial charge in [-0.15, -0.1) is 0 Å². The summed E-state index contributed by atoms with van der Waals surface area (Å²) >= 11 is 0. The van der Waals surface area contributed by atoms with E-state index in [1.807, 2.05) is 6.92 Å². The molecule has 0 unspecified atom stereocenters. The van der Waals surface area contributed by atoms with E-state index in [1.165, 1.54) is 0 Å². The highest BCUT2D eigenvalue weighted by Crippen LogP contribution is 2.37. The highest BCUT2D eigenvalue weighted by molar-refractivity contribution is 5.94. The summed E-state index contributed by atoms with van der Waals surface area (Å²) in [5.41, 5.74) is 1.93. The zero-order chi connectivity index (χ0) is 20.3. The highest BCUT2D eigenvalue weighted by Gasteiger charge is 2.42.